The molecular weight excluding hydrogens is 385 g/mol. The van der Waals surface area contributed by atoms with Gasteiger partial charge < -0.3 is 4.90 Å². The van der Waals surface area contributed by atoms with Crippen molar-refractivity contribution >= 4 is 5.91 Å². The average molecular weight is 398 g/mol. The van der Waals surface area contributed by atoms with Crippen molar-refractivity contribution in [1.29, 1.82) is 5.26 Å². The summed E-state index contributed by atoms with van der Waals surface area (Å²) in [6.45, 7) is 0.563. The van der Waals surface area contributed by atoms with Crippen LogP contribution in [-0.4, -0.2) is 30.6 Å². The summed E-state index contributed by atoms with van der Waals surface area (Å²) in [5.41, 5.74) is 1.11. The zero-order valence-corrected chi connectivity index (χ0v) is 14.9. The molecule has 1 amide bonds. The third kappa shape index (κ3) is 3.67. The molecule has 0 radical (unpaired) electrons. The van der Waals surface area contributed by atoms with Crippen LogP contribution >= 0.6 is 0 Å². The molecule has 1 aliphatic rings. The number of carbonyl (C=O) groups is 1. The van der Waals surface area contributed by atoms with Gasteiger partial charge in [0.2, 0.25) is 5.91 Å². The van der Waals surface area contributed by atoms with E-state index in [0.29, 0.717) is 12.1 Å². The lowest BCUT2D eigenvalue weighted by Gasteiger charge is -2.14. The zero-order chi connectivity index (χ0) is 20.6. The normalized spacial score (nSPS) is 13.2. The smallest absolute Gasteiger partial charge is 0.332 e. The van der Waals surface area contributed by atoms with E-state index < -0.39 is 11.9 Å². The van der Waals surface area contributed by atoms with Gasteiger partial charge in [-0.15, -0.1) is 5.10 Å². The van der Waals surface area contributed by atoms with E-state index in [2.05, 4.69) is 15.1 Å². The predicted octanol–water partition coefficient (Wildman–Crippen LogP) is 2.77. The molecule has 7 nitrogen and oxygen atoms in total. The maximum absolute atomic E-state index is 13.3. The van der Waals surface area contributed by atoms with Crippen LogP contribution in [0.25, 0.3) is 11.1 Å². The van der Waals surface area contributed by atoms with E-state index in [4.69, 9.17) is 5.26 Å². The number of hydrogen-bond donors (Lipinski definition) is 0. The Bertz CT molecular complexity index is 1130. The van der Waals surface area contributed by atoms with E-state index in [-0.39, 0.29) is 30.4 Å². The monoisotopic (exact) mass is 398 g/mol. The molecule has 0 spiro atoms. The Morgan fingerprint density at radius 2 is 1.97 bits per heavy atom. The number of hydrogen-bond acceptors (Lipinski definition) is 5. The molecule has 0 fully saturated rings. The fraction of sp³-hybridized carbons (Fsp3) is 0.211. The molecule has 4 rings (SSSR count). The molecule has 1 aromatic carbocycles. The maximum atomic E-state index is 13.3. The van der Waals surface area contributed by atoms with Crippen LogP contribution in [0.15, 0.2) is 42.9 Å². The number of benzene rings is 1. The number of pyridine rings is 1. The highest BCUT2D eigenvalue weighted by Crippen LogP contribution is 2.36. The van der Waals surface area contributed by atoms with Crippen LogP contribution in [0.1, 0.15) is 22.6 Å². The second kappa shape index (κ2) is 7.01. The topological polar surface area (TPSA) is 87.7 Å². The summed E-state index contributed by atoms with van der Waals surface area (Å²) in [6.07, 6.45) is -2.14. The van der Waals surface area contributed by atoms with Gasteiger partial charge in [-0.3, -0.25) is 9.78 Å². The Morgan fingerprint density at radius 1 is 1.17 bits per heavy atom. The number of rotatable bonds is 3. The molecule has 29 heavy (non-hydrogen) atoms. The summed E-state index contributed by atoms with van der Waals surface area (Å²) in [4.78, 5) is 21.3. The van der Waals surface area contributed by atoms with Crippen molar-refractivity contribution in [2.75, 3.05) is 0 Å². The Kier molecular flexibility index (Phi) is 4.50. The minimum absolute atomic E-state index is 0.000718. The van der Waals surface area contributed by atoms with Gasteiger partial charge in [0.15, 0.2) is 5.69 Å². The summed E-state index contributed by atoms with van der Waals surface area (Å²) in [6, 6.07) is 9.63. The predicted molar refractivity (Wildman–Crippen MR) is 93.7 cm³/mol. The van der Waals surface area contributed by atoms with Crippen LogP contribution in [0.2, 0.25) is 0 Å². The van der Waals surface area contributed by atoms with Gasteiger partial charge in [0.1, 0.15) is 18.9 Å². The van der Waals surface area contributed by atoms with Crippen molar-refractivity contribution in [2.24, 2.45) is 0 Å². The van der Waals surface area contributed by atoms with E-state index >= 15 is 0 Å². The van der Waals surface area contributed by atoms with Gasteiger partial charge in [0, 0.05) is 24.8 Å². The number of alkyl halides is 3. The van der Waals surface area contributed by atoms with Crippen molar-refractivity contribution in [1.82, 2.24) is 24.6 Å². The average Bonchev–Trinajstić information content (AvgIpc) is 3.33. The first kappa shape index (κ1) is 18.6. The number of carbonyl (C=O) groups excluding carboxylic acids is 1. The first-order valence-electron chi connectivity index (χ1n) is 8.57. The third-order valence-electron chi connectivity index (χ3n) is 4.60. The first-order valence-corrected chi connectivity index (χ1v) is 8.57. The SMILES string of the molecule is N#Cc1ncn(CC(=O)N2Cc3ccc(-c4cccnc4C(F)(F)F)cc3C2)n1. The van der Waals surface area contributed by atoms with E-state index in [1.54, 1.807) is 29.2 Å². The quantitative estimate of drug-likeness (QED) is 0.677. The second-order valence-corrected chi connectivity index (χ2v) is 6.51. The lowest BCUT2D eigenvalue weighted by Crippen LogP contribution is -2.29. The van der Waals surface area contributed by atoms with Gasteiger partial charge in [0.25, 0.3) is 5.82 Å². The lowest BCUT2D eigenvalue weighted by molar-refractivity contribution is -0.140. The Morgan fingerprint density at radius 3 is 2.69 bits per heavy atom. The molecule has 0 aliphatic carbocycles. The van der Waals surface area contributed by atoms with Crippen LogP contribution in [0.3, 0.4) is 0 Å². The van der Waals surface area contributed by atoms with Gasteiger partial charge in [-0.05, 0) is 28.8 Å². The highest BCUT2D eigenvalue weighted by Gasteiger charge is 2.35. The number of nitrogens with zero attached hydrogens (tertiary/aromatic N) is 6. The maximum Gasteiger partial charge on any atom is 0.433 e. The third-order valence-corrected chi connectivity index (χ3v) is 4.60. The Hall–Kier alpha value is -3.74. The minimum Gasteiger partial charge on any atom is -0.332 e. The van der Waals surface area contributed by atoms with Crippen LogP contribution in [0, 0.1) is 11.3 Å². The molecule has 146 valence electrons. The van der Waals surface area contributed by atoms with Gasteiger partial charge in [-0.25, -0.2) is 9.67 Å². The Labute approximate surface area is 163 Å². The summed E-state index contributed by atoms with van der Waals surface area (Å²) in [5.74, 6) is -0.251. The summed E-state index contributed by atoms with van der Waals surface area (Å²) in [7, 11) is 0. The number of halogens is 3. The van der Waals surface area contributed by atoms with Crippen LogP contribution in [0.5, 0.6) is 0 Å². The largest absolute Gasteiger partial charge is 0.433 e. The molecule has 0 atom stereocenters. The van der Waals surface area contributed by atoms with Crippen molar-refractivity contribution in [3.05, 3.63) is 65.5 Å². The zero-order valence-electron chi connectivity index (χ0n) is 14.9. The van der Waals surface area contributed by atoms with Gasteiger partial charge >= 0.3 is 6.18 Å². The highest BCUT2D eigenvalue weighted by molar-refractivity contribution is 5.77. The molecule has 3 aromatic rings. The van der Waals surface area contributed by atoms with Gasteiger partial charge in [-0.2, -0.15) is 18.4 Å². The van der Waals surface area contributed by atoms with E-state index in [0.717, 1.165) is 17.3 Å². The van der Waals surface area contributed by atoms with Crippen molar-refractivity contribution in [3.63, 3.8) is 0 Å². The number of amides is 1. The molecular formula is C19H13F3N6O. The molecule has 10 heteroatoms. The van der Waals surface area contributed by atoms with Gasteiger partial charge in [-0.1, -0.05) is 18.2 Å². The fourth-order valence-electron chi connectivity index (χ4n) is 3.26. The highest BCUT2D eigenvalue weighted by atomic mass is 19.4. The Balaban J connectivity index is 1.55. The molecule has 0 saturated carbocycles. The van der Waals surface area contributed by atoms with E-state index in [1.807, 2.05) is 0 Å². The van der Waals surface area contributed by atoms with Gasteiger partial charge in [0.05, 0.1) is 0 Å². The van der Waals surface area contributed by atoms with Crippen LogP contribution < -0.4 is 0 Å². The fourth-order valence-corrected chi connectivity index (χ4v) is 3.26. The molecule has 0 N–H and O–H groups in total. The van der Waals surface area contributed by atoms with Crippen molar-refractivity contribution in [3.8, 4) is 17.2 Å². The van der Waals surface area contributed by atoms with Crippen LogP contribution in [0.4, 0.5) is 13.2 Å². The van der Waals surface area contributed by atoms with E-state index in [9.17, 15) is 18.0 Å². The molecule has 0 unspecified atom stereocenters. The summed E-state index contributed by atoms with van der Waals surface area (Å²) in [5, 5.41) is 12.6. The summed E-state index contributed by atoms with van der Waals surface area (Å²) < 4.78 is 41.1. The van der Waals surface area contributed by atoms with Crippen molar-refractivity contribution in [2.45, 2.75) is 25.8 Å². The van der Waals surface area contributed by atoms with Crippen molar-refractivity contribution < 1.29 is 18.0 Å². The molecule has 0 bridgehead atoms. The molecule has 3 heterocycles. The molecule has 0 saturated heterocycles. The molecule has 1 aliphatic heterocycles. The minimum atomic E-state index is -4.56. The number of aromatic nitrogens is 4. The lowest BCUT2D eigenvalue weighted by atomic mass is 9.99. The van der Waals surface area contributed by atoms with E-state index in [1.165, 1.54) is 23.1 Å². The standard InChI is InChI=1S/C19H13F3N6O/c20-19(21,22)18-15(2-1-5-24-18)12-3-4-13-8-27(9-14(13)6-12)17(29)10-28-11-25-16(7-23)26-28/h1-6,11H,8-10H2. The summed E-state index contributed by atoms with van der Waals surface area (Å²) >= 11 is 0. The number of nitriles is 1. The second-order valence-electron chi connectivity index (χ2n) is 6.51. The van der Waals surface area contributed by atoms with Crippen LogP contribution in [-0.2, 0) is 30.6 Å². The molecule has 2 aromatic heterocycles. The first-order chi connectivity index (χ1) is 13.8. The number of fused-ring (bicyclic) bond motifs is 1.